The van der Waals surface area contributed by atoms with E-state index >= 15 is 0 Å². The number of hydrogen-bond donors (Lipinski definition) is 1. The Bertz CT molecular complexity index is 1310. The summed E-state index contributed by atoms with van der Waals surface area (Å²) in [6.45, 7) is 1.71. The second-order valence-electron chi connectivity index (χ2n) is 9.48. The Kier molecular flexibility index (Phi) is 5.17. The van der Waals surface area contributed by atoms with Crippen LogP contribution in [0.1, 0.15) is 48.1 Å². The van der Waals surface area contributed by atoms with Crippen LogP contribution < -0.4 is 15.4 Å². The van der Waals surface area contributed by atoms with Crippen molar-refractivity contribution in [2.75, 3.05) is 22.9 Å². The molecule has 3 aromatic rings. The van der Waals surface area contributed by atoms with E-state index in [0.29, 0.717) is 43.4 Å². The van der Waals surface area contributed by atoms with E-state index in [1.54, 1.807) is 12.4 Å². The highest BCUT2D eigenvalue weighted by Crippen LogP contribution is 2.51. The van der Waals surface area contributed by atoms with E-state index in [-0.39, 0.29) is 11.5 Å². The molecule has 34 heavy (non-hydrogen) atoms. The van der Waals surface area contributed by atoms with E-state index < -0.39 is 5.41 Å². The third kappa shape index (κ3) is 3.33. The molecule has 6 rings (SSSR count). The van der Waals surface area contributed by atoms with Crippen LogP contribution in [0.5, 0.6) is 0 Å². The van der Waals surface area contributed by atoms with E-state index in [1.165, 1.54) is 0 Å². The number of halogens is 1. The van der Waals surface area contributed by atoms with Crippen LogP contribution in [0.3, 0.4) is 0 Å². The Balaban J connectivity index is 1.31. The number of nitrogens with one attached hydrogen (secondary N) is 1. The number of rotatable bonds is 3. The first-order chi connectivity index (χ1) is 16.6. The van der Waals surface area contributed by atoms with Gasteiger partial charge in [0.2, 0.25) is 11.9 Å². The van der Waals surface area contributed by atoms with Crippen LogP contribution in [-0.2, 0) is 29.6 Å². The van der Waals surface area contributed by atoms with Crippen molar-refractivity contribution < 1.29 is 4.79 Å². The molecule has 2 aliphatic heterocycles. The Hall–Kier alpha value is -3.19. The molecule has 0 unspecified atom stereocenters. The van der Waals surface area contributed by atoms with E-state index in [0.717, 1.165) is 53.8 Å². The summed E-state index contributed by atoms with van der Waals surface area (Å²) in [4.78, 5) is 42.6. The number of fused-ring (bicyclic) bond motifs is 3. The van der Waals surface area contributed by atoms with Gasteiger partial charge in [0.1, 0.15) is 0 Å². The molecular formula is C26H26ClN5O2. The lowest BCUT2D eigenvalue weighted by atomic mass is 9.73. The van der Waals surface area contributed by atoms with Crippen molar-refractivity contribution in [1.29, 1.82) is 0 Å². The number of carbonyl (C=O) groups is 1. The Labute approximate surface area is 202 Å². The number of hydrogen-bond acceptors (Lipinski definition) is 5. The summed E-state index contributed by atoms with van der Waals surface area (Å²) < 4.78 is 0. The van der Waals surface area contributed by atoms with Gasteiger partial charge in [-0.15, -0.1) is 0 Å². The van der Waals surface area contributed by atoms with Crippen LogP contribution in [0.15, 0.2) is 47.5 Å². The monoisotopic (exact) mass is 475 g/mol. The molecule has 0 saturated carbocycles. The van der Waals surface area contributed by atoms with Gasteiger partial charge >= 0.3 is 0 Å². The van der Waals surface area contributed by atoms with Gasteiger partial charge in [-0.25, -0.2) is 4.98 Å². The summed E-state index contributed by atoms with van der Waals surface area (Å²) in [5.74, 6) is 0.712. The maximum atomic E-state index is 13.9. The van der Waals surface area contributed by atoms with Crippen molar-refractivity contribution in [1.82, 2.24) is 15.0 Å². The van der Waals surface area contributed by atoms with E-state index in [9.17, 15) is 9.59 Å². The first-order valence-corrected chi connectivity index (χ1v) is 12.3. The molecule has 4 heterocycles. The molecule has 0 radical (unpaired) electrons. The van der Waals surface area contributed by atoms with Gasteiger partial charge < -0.3 is 9.80 Å². The highest BCUT2D eigenvalue weighted by atomic mass is 35.5. The third-order valence-electron chi connectivity index (χ3n) is 7.57. The smallest absolute Gasteiger partial charge is 0.255 e. The van der Waals surface area contributed by atoms with Gasteiger partial charge in [-0.2, -0.15) is 0 Å². The first kappa shape index (κ1) is 21.4. The van der Waals surface area contributed by atoms with Crippen molar-refractivity contribution >= 4 is 29.1 Å². The number of aryl methyl sites for hydroxylation is 1. The molecule has 174 valence electrons. The van der Waals surface area contributed by atoms with Crippen LogP contribution in [-0.4, -0.2) is 33.9 Å². The largest absolute Gasteiger partial charge is 0.342 e. The number of amides is 1. The lowest BCUT2D eigenvalue weighted by Crippen LogP contribution is -2.49. The lowest BCUT2D eigenvalue weighted by molar-refractivity contribution is -0.124. The molecule has 1 spiro atoms. The summed E-state index contributed by atoms with van der Waals surface area (Å²) in [6, 6.07) is 9.63. The molecule has 1 aromatic carbocycles. The van der Waals surface area contributed by atoms with Gasteiger partial charge in [-0.3, -0.25) is 19.6 Å². The highest BCUT2D eigenvalue weighted by Gasteiger charge is 2.53. The molecule has 1 fully saturated rings. The number of anilines is 2. The molecule has 7 nitrogen and oxygen atoms in total. The number of aromatic amines is 1. The molecule has 1 N–H and O–H groups in total. The number of pyridine rings is 1. The van der Waals surface area contributed by atoms with Gasteiger partial charge in [-0.05, 0) is 62.3 Å². The number of nitrogens with zero attached hydrogens (tertiary/aromatic N) is 4. The van der Waals surface area contributed by atoms with Gasteiger partial charge in [0.15, 0.2) is 0 Å². The topological polar surface area (TPSA) is 82.2 Å². The Morgan fingerprint density at radius 1 is 1.06 bits per heavy atom. The standard InChI is InChI=1S/C26H26ClN5O2/c27-19-7-3-9-21-22(19)26(24(34)32(21)16-17-5-4-12-28-15-17)10-13-31(14-11-26)25-29-20-8-2-1-6-18(20)23(33)30-25/h3-5,7,9,12,15H,1-2,6,8,10-11,13-14,16H2,(H,29,30,33). The maximum Gasteiger partial charge on any atom is 0.255 e. The molecule has 8 heteroatoms. The Morgan fingerprint density at radius 3 is 2.68 bits per heavy atom. The zero-order chi connectivity index (χ0) is 23.3. The molecule has 1 aliphatic carbocycles. The molecule has 3 aliphatic rings. The first-order valence-electron chi connectivity index (χ1n) is 11.9. The predicted molar refractivity (Wildman–Crippen MR) is 132 cm³/mol. The van der Waals surface area contributed by atoms with E-state index in [4.69, 9.17) is 16.6 Å². The fourth-order valence-electron chi connectivity index (χ4n) is 5.82. The second-order valence-corrected chi connectivity index (χ2v) is 9.88. The number of benzene rings is 1. The minimum Gasteiger partial charge on any atom is -0.342 e. The summed E-state index contributed by atoms with van der Waals surface area (Å²) in [7, 11) is 0. The summed E-state index contributed by atoms with van der Waals surface area (Å²) in [6.07, 6.45) is 8.54. The van der Waals surface area contributed by atoms with Crippen LogP contribution in [0.25, 0.3) is 0 Å². The summed E-state index contributed by atoms with van der Waals surface area (Å²) >= 11 is 6.71. The molecule has 0 atom stereocenters. The molecular weight excluding hydrogens is 450 g/mol. The van der Waals surface area contributed by atoms with Crippen molar-refractivity contribution in [2.24, 2.45) is 0 Å². The quantitative estimate of drug-likeness (QED) is 0.623. The maximum absolute atomic E-state index is 13.9. The fraction of sp³-hybridized carbons (Fsp3) is 0.385. The van der Waals surface area contributed by atoms with Crippen LogP contribution in [0, 0.1) is 0 Å². The average molecular weight is 476 g/mol. The van der Waals surface area contributed by atoms with Crippen LogP contribution in [0.2, 0.25) is 5.02 Å². The molecule has 1 amide bonds. The zero-order valence-corrected chi connectivity index (χ0v) is 19.6. The van der Waals surface area contributed by atoms with Crippen molar-refractivity contribution in [3.63, 3.8) is 0 Å². The third-order valence-corrected chi connectivity index (χ3v) is 7.89. The van der Waals surface area contributed by atoms with Gasteiger partial charge in [0, 0.05) is 47.3 Å². The van der Waals surface area contributed by atoms with Gasteiger partial charge in [0.05, 0.1) is 17.7 Å². The van der Waals surface area contributed by atoms with Gasteiger partial charge in [-0.1, -0.05) is 23.7 Å². The SMILES string of the molecule is O=C1N(Cc2cccnc2)c2cccc(Cl)c2C12CCN(c1nc3c(c(=O)[nH]1)CCCC3)CC2. The fourth-order valence-corrected chi connectivity index (χ4v) is 6.17. The highest BCUT2D eigenvalue weighted by molar-refractivity contribution is 6.33. The van der Waals surface area contributed by atoms with Crippen LogP contribution >= 0.6 is 11.6 Å². The lowest BCUT2D eigenvalue weighted by Gasteiger charge is -2.39. The van der Waals surface area contributed by atoms with Crippen molar-refractivity contribution in [3.8, 4) is 0 Å². The number of H-pyrrole nitrogens is 1. The number of carbonyl (C=O) groups excluding carboxylic acids is 1. The second kappa shape index (κ2) is 8.24. The zero-order valence-electron chi connectivity index (χ0n) is 18.9. The normalized spacial score (nSPS) is 18.8. The minimum atomic E-state index is -0.666. The Morgan fingerprint density at radius 2 is 1.88 bits per heavy atom. The number of piperidine rings is 1. The van der Waals surface area contributed by atoms with Crippen molar-refractivity contribution in [2.45, 2.75) is 50.5 Å². The predicted octanol–water partition coefficient (Wildman–Crippen LogP) is 3.78. The van der Waals surface area contributed by atoms with Gasteiger partial charge in [0.25, 0.3) is 5.56 Å². The summed E-state index contributed by atoms with van der Waals surface area (Å²) in [5, 5.41) is 0.633. The average Bonchev–Trinajstić information content (AvgIpc) is 3.09. The van der Waals surface area contributed by atoms with E-state index in [2.05, 4.69) is 14.9 Å². The van der Waals surface area contributed by atoms with E-state index in [1.807, 2.05) is 35.2 Å². The molecule has 2 aromatic heterocycles. The van der Waals surface area contributed by atoms with Crippen LogP contribution in [0.4, 0.5) is 11.6 Å². The molecule has 1 saturated heterocycles. The summed E-state index contributed by atoms with van der Waals surface area (Å²) in [5.41, 5.74) is 3.87. The number of aromatic nitrogens is 3. The molecule has 0 bridgehead atoms. The minimum absolute atomic E-state index is 0.0204. The van der Waals surface area contributed by atoms with Crippen molar-refractivity contribution in [3.05, 3.63) is 80.5 Å².